The summed E-state index contributed by atoms with van der Waals surface area (Å²) in [4.78, 5) is 65.5. The second-order valence-corrected chi connectivity index (χ2v) is 40.8. The molecule has 29 heteroatoms. The third-order valence-corrected chi connectivity index (χ3v) is 30.1. The highest BCUT2D eigenvalue weighted by Crippen LogP contribution is 2.47. The summed E-state index contributed by atoms with van der Waals surface area (Å²) >= 11 is 6.50. The van der Waals surface area contributed by atoms with Crippen LogP contribution in [0.25, 0.3) is 133 Å². The van der Waals surface area contributed by atoms with Crippen molar-refractivity contribution >= 4 is 79.6 Å². The molecule has 12 heterocycles. The molecule has 0 aliphatic heterocycles. The Labute approximate surface area is 839 Å². The van der Waals surface area contributed by atoms with Gasteiger partial charge in [0.15, 0.2) is 0 Å². The summed E-state index contributed by atoms with van der Waals surface area (Å²) in [6.07, 6.45) is 31.4. The zero-order valence-corrected chi connectivity index (χ0v) is 84.7. The topological polar surface area (TPSA) is 326 Å². The van der Waals surface area contributed by atoms with Crippen LogP contribution in [-0.4, -0.2) is 124 Å². The number of hydrogen-bond donors (Lipinski definition) is 2. The highest BCUT2D eigenvalue weighted by atomic mass is 35.5. The number of hydrogen-bond acceptors (Lipinski definition) is 19. The van der Waals surface area contributed by atoms with E-state index in [1.165, 1.54) is 20.0 Å². The molecule has 1 atom stereocenters. The van der Waals surface area contributed by atoms with Crippen LogP contribution in [0.15, 0.2) is 183 Å². The van der Waals surface area contributed by atoms with Gasteiger partial charge in [-0.2, -0.15) is 5.26 Å². The van der Waals surface area contributed by atoms with Crippen LogP contribution in [0.5, 0.6) is 0 Å². The van der Waals surface area contributed by atoms with E-state index in [1.54, 1.807) is 52.0 Å². The first-order valence-electron chi connectivity index (χ1n) is 50.0. The number of aliphatic carboxylic acids is 1. The van der Waals surface area contributed by atoms with Crippen molar-refractivity contribution in [2.45, 2.75) is 261 Å². The van der Waals surface area contributed by atoms with Crippen LogP contribution in [0.2, 0.25) is 5.02 Å². The number of ether oxygens (including phenoxy) is 2. The predicted octanol–water partition coefficient (Wildman–Crippen LogP) is 28.0. The lowest BCUT2D eigenvalue weighted by atomic mass is 9.81. The molecule has 1 unspecified atom stereocenters. The number of alkyl halides is 3. The molecular formula is C115H123ClF3N13O12. The van der Waals surface area contributed by atoms with Crippen LogP contribution in [0.1, 0.15) is 233 Å². The number of aryl methyl sites for hydroxylation is 10. The van der Waals surface area contributed by atoms with E-state index in [2.05, 4.69) is 118 Å². The minimum Gasteiger partial charge on any atom is -0.481 e. The van der Waals surface area contributed by atoms with Crippen LogP contribution < -0.4 is 0 Å². The summed E-state index contributed by atoms with van der Waals surface area (Å²) in [5.74, 6) is 2.29. The third kappa shape index (κ3) is 22.6. The van der Waals surface area contributed by atoms with E-state index in [9.17, 15) is 42.7 Å². The molecule has 2 N–H and O–H groups in total. The van der Waals surface area contributed by atoms with Crippen molar-refractivity contribution in [3.05, 3.63) is 238 Å². The van der Waals surface area contributed by atoms with Gasteiger partial charge in [0, 0.05) is 155 Å². The maximum absolute atomic E-state index is 14.4. The maximum atomic E-state index is 14.4. The molecule has 20 rings (SSSR count). The molecule has 4 aliphatic carbocycles. The van der Waals surface area contributed by atoms with Gasteiger partial charge in [-0.25, -0.2) is 22.8 Å². The van der Waals surface area contributed by atoms with E-state index in [4.69, 9.17) is 64.2 Å². The van der Waals surface area contributed by atoms with E-state index in [0.29, 0.717) is 98.5 Å². The molecule has 0 spiro atoms. The monoisotopic (exact) mass is 1970 g/mol. The van der Waals surface area contributed by atoms with Gasteiger partial charge < -0.3 is 56.0 Å². The molecule has 4 aliphatic rings. The van der Waals surface area contributed by atoms with Gasteiger partial charge in [-0.1, -0.05) is 112 Å². The summed E-state index contributed by atoms with van der Waals surface area (Å²) in [7, 11) is 1.41. The van der Waals surface area contributed by atoms with Crippen LogP contribution in [-0.2, 0) is 51.5 Å². The van der Waals surface area contributed by atoms with Gasteiger partial charge >= 0.3 is 23.9 Å². The molecule has 4 fully saturated rings. The average molecular weight is 1970 g/mol. The molecule has 748 valence electrons. The Hall–Kier alpha value is -14.1. The average Bonchev–Trinajstić information content (AvgIpc) is 1.58. The number of carbonyl (C=O) groups is 4. The van der Waals surface area contributed by atoms with Crippen molar-refractivity contribution in [3.8, 4) is 95.1 Å². The fraction of sp³-hybridized carbons (Fsp3) is 0.400. The van der Waals surface area contributed by atoms with Gasteiger partial charge in [-0.3, -0.25) is 29.5 Å². The minimum atomic E-state index is -1.07. The van der Waals surface area contributed by atoms with E-state index in [0.717, 1.165) is 261 Å². The minimum absolute atomic E-state index is 0.0590. The molecule has 0 saturated heterocycles. The standard InChI is InChI=1S/C30H34FN3O3.C29H31ClFN3O3.C29H32FN3O3.C27H26N4O3/c1-19-28(20(2)37-33-19)24-15-26-29(32-16-24)25(18-34(26)17-22-11-13-30(3,31)14-12-22)23-8-5-21(6-9-23)7-10-27(35)36-4;1-5-36-28(35)22-7-6-20(12-24(22)30)23-16-34(15-19-8-10-29(4,31)11-9-19)25-13-21(14-32-27(23)25)26-17(2)33-37-18(26)3;1-18-27(19(2)36-32-18)23-14-25-28(31-15-23)24(22-7-4-20(5-8-22)6-9-26(34)35)17-33(25)16-21-10-12-29(3,30)13-11-21;1-16-25(17(2)34-30-16)21-13-24-26(29-14-21)22(18-7-9-20(10-8-18)27(32)33)15-31(24)23(11-12-28)19-5-3-4-6-19/h5-6,8-9,15-16,18,22H,7,10-14,17H2,1-4H3;6-7,12-14,16,19H,5,8-11,15H2,1-4H3;4-5,7-8,14-15,17,21H,6,9-13,16H2,1-3H3,(H,34,35);7-10,13-15,19,23H,3-6,11H2,1-2H3,(H,32,33). The number of benzene rings is 4. The van der Waals surface area contributed by atoms with Crippen LogP contribution in [0.3, 0.4) is 0 Å². The molecule has 0 amide bonds. The van der Waals surface area contributed by atoms with E-state index in [-0.39, 0.29) is 30.6 Å². The van der Waals surface area contributed by atoms with Crippen LogP contribution >= 0.6 is 11.6 Å². The Morgan fingerprint density at radius 3 is 1.14 bits per heavy atom. The Bertz CT molecular complexity index is 7340. The van der Waals surface area contributed by atoms with Gasteiger partial charge in [-0.15, -0.1) is 0 Å². The predicted molar refractivity (Wildman–Crippen MR) is 550 cm³/mol. The zero-order valence-electron chi connectivity index (χ0n) is 84.0. The number of fused-ring (bicyclic) bond motifs is 4. The first-order valence-corrected chi connectivity index (χ1v) is 50.4. The lowest BCUT2D eigenvalue weighted by Gasteiger charge is -2.31. The van der Waals surface area contributed by atoms with E-state index >= 15 is 0 Å². The Balaban J connectivity index is 0.000000132. The number of nitrogens with zero attached hydrogens (tertiary/aromatic N) is 13. The highest BCUT2D eigenvalue weighted by molar-refractivity contribution is 6.34. The smallest absolute Gasteiger partial charge is 0.339 e. The second-order valence-electron chi connectivity index (χ2n) is 40.4. The van der Waals surface area contributed by atoms with Gasteiger partial charge in [-0.05, 0) is 291 Å². The largest absolute Gasteiger partial charge is 0.481 e. The van der Waals surface area contributed by atoms with Crippen molar-refractivity contribution in [2.24, 2.45) is 23.7 Å². The number of carboxylic acids is 2. The normalized spacial score (nSPS) is 18.8. The quantitative estimate of drug-likeness (QED) is 0.0476. The molecular weight excluding hydrogens is 1850 g/mol. The molecule has 4 saturated carbocycles. The van der Waals surface area contributed by atoms with Crippen molar-refractivity contribution in [1.82, 2.24) is 58.8 Å². The van der Waals surface area contributed by atoms with Gasteiger partial charge in [0.25, 0.3) is 0 Å². The summed E-state index contributed by atoms with van der Waals surface area (Å²) in [6.45, 7) is 24.9. The lowest BCUT2D eigenvalue weighted by Crippen LogP contribution is -2.27. The number of carboxylic acid groups (broad SMARTS) is 2. The summed E-state index contributed by atoms with van der Waals surface area (Å²) < 4.78 is 83.8. The number of aromatic carboxylic acids is 1. The number of halogens is 4. The first-order chi connectivity index (χ1) is 69.1. The number of nitriles is 1. The van der Waals surface area contributed by atoms with Crippen molar-refractivity contribution in [2.75, 3.05) is 13.7 Å². The SMILES string of the molecule is CCOC(=O)c1ccc(-c2cn(CC3CCC(C)(F)CC3)c3cc(-c4c(C)noc4C)cnc23)cc1Cl.COC(=O)CCc1ccc(-c2cn(CC3CCC(C)(F)CC3)c3cc(-c4c(C)noc4C)cnc23)cc1.Cc1noc(C)c1-c1cnc2c(-c3ccc(C(=O)O)cc3)cn(C(CC#N)C3CCCC3)c2c1.Cc1noc(C)c1-c1cnc2c(-c3ccc(CCC(=O)O)cc3)cn(CC3CCC(C)(F)CC3)c2c1. The number of pyridine rings is 4. The molecule has 12 aromatic heterocycles. The summed E-state index contributed by atoms with van der Waals surface area (Å²) in [6, 6.07) is 39.6. The van der Waals surface area contributed by atoms with Crippen molar-refractivity contribution < 1.29 is 70.1 Å². The lowest BCUT2D eigenvalue weighted by molar-refractivity contribution is -0.140. The molecule has 4 aromatic carbocycles. The maximum Gasteiger partial charge on any atom is 0.339 e. The molecule has 16 aromatic rings. The zero-order chi connectivity index (χ0) is 102. The van der Waals surface area contributed by atoms with E-state index in [1.807, 2.05) is 123 Å². The van der Waals surface area contributed by atoms with Crippen molar-refractivity contribution in [3.63, 3.8) is 0 Å². The van der Waals surface area contributed by atoms with Crippen molar-refractivity contribution in [1.29, 1.82) is 5.26 Å². The molecule has 0 bridgehead atoms. The molecule has 144 heavy (non-hydrogen) atoms. The number of esters is 2. The second kappa shape index (κ2) is 43.2. The van der Waals surface area contributed by atoms with Gasteiger partial charge in [0.05, 0.1) is 109 Å². The number of methoxy groups -OCH3 is 1. The third-order valence-electron chi connectivity index (χ3n) is 29.7. The van der Waals surface area contributed by atoms with Crippen LogP contribution in [0.4, 0.5) is 13.2 Å². The Morgan fingerprint density at radius 1 is 0.465 bits per heavy atom. The highest BCUT2D eigenvalue weighted by Gasteiger charge is 2.37. The van der Waals surface area contributed by atoms with Crippen LogP contribution in [0, 0.1) is 90.4 Å². The fourth-order valence-electron chi connectivity index (χ4n) is 21.6. The number of aromatic nitrogens is 12. The fourth-order valence-corrected chi connectivity index (χ4v) is 21.9. The Morgan fingerprint density at radius 2 is 0.806 bits per heavy atom. The van der Waals surface area contributed by atoms with Gasteiger partial charge in [0.1, 0.15) is 40.0 Å². The first kappa shape index (κ1) is 101. The molecule has 25 nitrogen and oxygen atoms in total. The number of carbonyl (C=O) groups excluding carboxylic acids is 2. The number of rotatable bonds is 26. The Kier molecular flexibility index (Phi) is 30.4. The summed E-state index contributed by atoms with van der Waals surface area (Å²) in [5, 5.41) is 44.7. The van der Waals surface area contributed by atoms with E-state index < -0.39 is 34.9 Å². The summed E-state index contributed by atoms with van der Waals surface area (Å²) in [5.41, 5.74) is 25.8. The molecule has 0 radical (unpaired) electrons. The van der Waals surface area contributed by atoms with Gasteiger partial charge in [0.2, 0.25) is 0 Å².